The smallest absolute Gasteiger partial charge is 0.340 e. The minimum Gasteiger partial charge on any atom is -0.465 e. The van der Waals surface area contributed by atoms with Crippen LogP contribution in [-0.2, 0) is 9.53 Å². The fraction of sp³-hybridized carbons (Fsp3) is 0.0909. The van der Waals surface area contributed by atoms with Gasteiger partial charge in [-0.1, -0.05) is 5.92 Å². The number of carbonyl (C=O) groups excluding carboxylic acids is 2. The third-order valence-electron chi connectivity index (χ3n) is 1.70. The fourth-order valence-electron chi connectivity index (χ4n) is 1.00. The second kappa shape index (κ2) is 4.94. The first-order chi connectivity index (χ1) is 7.54. The van der Waals surface area contributed by atoms with Crippen molar-refractivity contribution >= 4 is 11.9 Å². The summed E-state index contributed by atoms with van der Waals surface area (Å²) < 4.78 is 17.5. The highest BCUT2D eigenvalue weighted by atomic mass is 19.1. The van der Waals surface area contributed by atoms with Crippen LogP contribution >= 0.6 is 0 Å². The van der Waals surface area contributed by atoms with Crippen LogP contribution in [0.2, 0.25) is 0 Å². The summed E-state index contributed by atoms with van der Waals surface area (Å²) in [4.78, 5) is 21.5. The van der Waals surface area contributed by atoms with Gasteiger partial charge in [-0.05, 0) is 24.1 Å². The summed E-state index contributed by atoms with van der Waals surface area (Å²) in [7, 11) is 1.14. The average Bonchev–Trinajstić information content (AvgIpc) is 2.27. The number of amides is 1. The van der Waals surface area contributed by atoms with E-state index in [9.17, 15) is 14.0 Å². The SMILES string of the molecule is COC(=O)c1cc(C#CC(N)=O)ccc1F. The summed E-state index contributed by atoms with van der Waals surface area (Å²) in [5.74, 6) is 2.15. The fourth-order valence-corrected chi connectivity index (χ4v) is 1.00. The van der Waals surface area contributed by atoms with Crippen molar-refractivity contribution in [3.63, 3.8) is 0 Å². The standard InChI is InChI=1S/C11H8FNO3/c1-16-11(15)8-6-7(2-4-9(8)12)3-5-10(13)14/h2,4,6H,1H3,(H2,13,14). The van der Waals surface area contributed by atoms with Gasteiger partial charge in [0.2, 0.25) is 0 Å². The van der Waals surface area contributed by atoms with Crippen LogP contribution in [0.4, 0.5) is 4.39 Å². The van der Waals surface area contributed by atoms with Crippen molar-refractivity contribution in [1.29, 1.82) is 0 Å². The molecule has 0 spiro atoms. The lowest BCUT2D eigenvalue weighted by molar-refractivity contribution is -0.112. The first-order valence-electron chi connectivity index (χ1n) is 4.24. The number of hydrogen-bond donors (Lipinski definition) is 1. The van der Waals surface area contributed by atoms with Gasteiger partial charge in [0.1, 0.15) is 5.82 Å². The van der Waals surface area contributed by atoms with Crippen LogP contribution in [0.1, 0.15) is 15.9 Å². The van der Waals surface area contributed by atoms with E-state index in [1.165, 1.54) is 12.1 Å². The highest BCUT2D eigenvalue weighted by Crippen LogP contribution is 2.10. The van der Waals surface area contributed by atoms with Crippen LogP contribution in [-0.4, -0.2) is 19.0 Å². The highest BCUT2D eigenvalue weighted by Gasteiger charge is 2.11. The third kappa shape index (κ3) is 2.82. The van der Waals surface area contributed by atoms with Crippen LogP contribution in [0.15, 0.2) is 18.2 Å². The second-order valence-electron chi connectivity index (χ2n) is 2.80. The van der Waals surface area contributed by atoms with Crippen molar-refractivity contribution in [2.24, 2.45) is 5.73 Å². The first kappa shape index (κ1) is 11.7. The zero-order chi connectivity index (χ0) is 12.1. The topological polar surface area (TPSA) is 69.4 Å². The molecule has 0 bridgehead atoms. The van der Waals surface area contributed by atoms with Gasteiger partial charge >= 0.3 is 5.97 Å². The van der Waals surface area contributed by atoms with E-state index >= 15 is 0 Å². The molecule has 1 aromatic carbocycles. The Kier molecular flexibility index (Phi) is 3.62. The molecule has 0 radical (unpaired) electrons. The predicted octanol–water partition coefficient (Wildman–Crippen LogP) is 0.449. The normalized spacial score (nSPS) is 8.88. The molecule has 0 aliphatic carbocycles. The van der Waals surface area contributed by atoms with Crippen molar-refractivity contribution in [1.82, 2.24) is 0 Å². The van der Waals surface area contributed by atoms with Gasteiger partial charge < -0.3 is 10.5 Å². The molecule has 0 saturated carbocycles. The maximum absolute atomic E-state index is 13.2. The molecule has 0 atom stereocenters. The lowest BCUT2D eigenvalue weighted by atomic mass is 10.1. The number of nitrogens with two attached hydrogens (primary N) is 1. The number of halogens is 1. The zero-order valence-electron chi connectivity index (χ0n) is 8.41. The maximum atomic E-state index is 13.2. The van der Waals surface area contributed by atoms with Crippen molar-refractivity contribution in [2.45, 2.75) is 0 Å². The Morgan fingerprint density at radius 2 is 2.12 bits per heavy atom. The summed E-state index contributed by atoms with van der Waals surface area (Å²) >= 11 is 0. The largest absolute Gasteiger partial charge is 0.465 e. The average molecular weight is 221 g/mol. The molecule has 0 unspecified atom stereocenters. The molecule has 2 N–H and O–H groups in total. The molecule has 4 nitrogen and oxygen atoms in total. The van der Waals surface area contributed by atoms with E-state index in [0.29, 0.717) is 5.56 Å². The van der Waals surface area contributed by atoms with Gasteiger partial charge in [0.15, 0.2) is 0 Å². The summed E-state index contributed by atoms with van der Waals surface area (Å²) in [6.45, 7) is 0. The van der Waals surface area contributed by atoms with E-state index in [4.69, 9.17) is 5.73 Å². The molecule has 16 heavy (non-hydrogen) atoms. The molecule has 0 fully saturated rings. The summed E-state index contributed by atoms with van der Waals surface area (Å²) in [5.41, 5.74) is 4.88. The Morgan fingerprint density at radius 1 is 1.44 bits per heavy atom. The maximum Gasteiger partial charge on any atom is 0.340 e. The Bertz CT molecular complexity index is 500. The van der Waals surface area contributed by atoms with E-state index in [-0.39, 0.29) is 5.56 Å². The molecule has 0 saturated heterocycles. The van der Waals surface area contributed by atoms with Gasteiger partial charge in [-0.15, -0.1) is 0 Å². The Hall–Kier alpha value is -2.35. The number of hydrogen-bond acceptors (Lipinski definition) is 3. The zero-order valence-corrected chi connectivity index (χ0v) is 8.41. The van der Waals surface area contributed by atoms with E-state index < -0.39 is 17.7 Å². The lowest BCUT2D eigenvalue weighted by Gasteiger charge is -2.00. The van der Waals surface area contributed by atoms with Gasteiger partial charge in [0.05, 0.1) is 12.7 Å². The summed E-state index contributed by atoms with van der Waals surface area (Å²) in [6, 6.07) is 3.59. The van der Waals surface area contributed by atoms with E-state index in [0.717, 1.165) is 13.2 Å². The molecule has 5 heteroatoms. The number of primary amides is 1. The van der Waals surface area contributed by atoms with Crippen LogP contribution in [0.5, 0.6) is 0 Å². The Balaban J connectivity index is 3.14. The molecule has 0 heterocycles. The Labute approximate surface area is 91.2 Å². The molecule has 1 rings (SSSR count). The number of benzene rings is 1. The van der Waals surface area contributed by atoms with Gasteiger partial charge in [0, 0.05) is 5.56 Å². The van der Waals surface area contributed by atoms with Crippen LogP contribution < -0.4 is 5.73 Å². The number of rotatable bonds is 1. The lowest BCUT2D eigenvalue weighted by Crippen LogP contribution is -2.07. The minimum atomic E-state index is -0.805. The van der Waals surface area contributed by atoms with Crippen LogP contribution in [0.25, 0.3) is 0 Å². The number of methoxy groups -OCH3 is 1. The third-order valence-corrected chi connectivity index (χ3v) is 1.70. The second-order valence-corrected chi connectivity index (χ2v) is 2.80. The summed E-state index contributed by atoms with van der Waals surface area (Å²) in [6.07, 6.45) is 0. The van der Waals surface area contributed by atoms with Gasteiger partial charge in [0.25, 0.3) is 5.91 Å². The molecule has 0 aliphatic rings. The van der Waals surface area contributed by atoms with Crippen LogP contribution in [0, 0.1) is 17.7 Å². The molecule has 1 amide bonds. The highest BCUT2D eigenvalue weighted by molar-refractivity contribution is 5.93. The Morgan fingerprint density at radius 3 is 2.69 bits per heavy atom. The summed E-state index contributed by atoms with van der Waals surface area (Å²) in [5, 5.41) is 0. The van der Waals surface area contributed by atoms with Gasteiger partial charge in [-0.3, -0.25) is 4.79 Å². The van der Waals surface area contributed by atoms with E-state index in [2.05, 4.69) is 16.6 Å². The quantitative estimate of drug-likeness (QED) is 0.553. The minimum absolute atomic E-state index is 0.237. The molecule has 82 valence electrons. The molecule has 0 aliphatic heterocycles. The van der Waals surface area contributed by atoms with E-state index in [1.54, 1.807) is 0 Å². The monoisotopic (exact) mass is 221 g/mol. The predicted molar refractivity (Wildman–Crippen MR) is 53.8 cm³/mol. The number of carbonyl (C=O) groups is 2. The molecule has 1 aromatic rings. The molecular formula is C11H8FNO3. The number of ether oxygens (including phenoxy) is 1. The molecular weight excluding hydrogens is 213 g/mol. The number of esters is 1. The van der Waals surface area contributed by atoms with Gasteiger partial charge in [-0.25, -0.2) is 9.18 Å². The first-order valence-corrected chi connectivity index (χ1v) is 4.24. The van der Waals surface area contributed by atoms with Crippen LogP contribution in [0.3, 0.4) is 0 Å². The van der Waals surface area contributed by atoms with E-state index in [1.807, 2.05) is 0 Å². The van der Waals surface area contributed by atoms with Crippen molar-refractivity contribution in [2.75, 3.05) is 7.11 Å². The molecule has 0 aromatic heterocycles. The van der Waals surface area contributed by atoms with Crippen molar-refractivity contribution < 1.29 is 18.7 Å². The van der Waals surface area contributed by atoms with Gasteiger partial charge in [-0.2, -0.15) is 0 Å². The van der Waals surface area contributed by atoms with Crippen molar-refractivity contribution in [3.8, 4) is 11.8 Å². The van der Waals surface area contributed by atoms with Crippen molar-refractivity contribution in [3.05, 3.63) is 35.1 Å².